The number of aromatic nitrogens is 2. The lowest BCUT2D eigenvalue weighted by atomic mass is 9.42. The fourth-order valence-corrected chi connectivity index (χ4v) is 8.98. The van der Waals surface area contributed by atoms with E-state index in [1.165, 1.54) is 32.1 Å². The van der Waals surface area contributed by atoms with E-state index in [-0.39, 0.29) is 5.92 Å². The first-order valence-corrected chi connectivity index (χ1v) is 13.0. The molecule has 1 aromatic heterocycles. The molecule has 4 aliphatic rings. The lowest BCUT2D eigenvalue weighted by Gasteiger charge is -2.63. The Hall–Kier alpha value is -1.20. The number of Topliss-reactive ketones (excluding diaryl/α,β-unsaturated/α-hetero) is 1. The summed E-state index contributed by atoms with van der Waals surface area (Å²) in [5, 5.41) is 11.1. The van der Waals surface area contributed by atoms with Crippen LogP contribution in [0.25, 0.3) is 0 Å². The second-order valence-electron chi connectivity index (χ2n) is 12.4. The van der Waals surface area contributed by atoms with Crippen LogP contribution in [0.5, 0.6) is 0 Å². The number of rotatable bonds is 5. The molecule has 1 aromatic rings. The number of aromatic amines is 1. The number of ether oxygens (including phenoxy) is 1. The van der Waals surface area contributed by atoms with Crippen LogP contribution in [0.1, 0.15) is 78.1 Å². The van der Waals surface area contributed by atoms with Gasteiger partial charge in [-0.1, -0.05) is 13.8 Å². The molecule has 3 unspecified atom stereocenters. The molecule has 0 spiro atoms. The highest BCUT2D eigenvalue weighted by molar-refractivity contribution is 5.79. The van der Waals surface area contributed by atoms with E-state index in [1.54, 1.807) is 7.11 Å². The lowest BCUT2D eigenvalue weighted by Crippen LogP contribution is -2.58. The van der Waals surface area contributed by atoms with Gasteiger partial charge in [-0.2, -0.15) is 0 Å². The SMILES string of the molecule is COC[C@@]1(O)CC[C@]2(C)C3CC[C@]4(C)C[C@@H](C(=O)C[n+]5cc[nH]c5)CCC4C3CC[C@H]2C1. The van der Waals surface area contributed by atoms with Gasteiger partial charge in [0.1, 0.15) is 18.9 Å². The Morgan fingerprint density at radius 2 is 1.94 bits per heavy atom. The predicted molar refractivity (Wildman–Crippen MR) is 123 cm³/mol. The van der Waals surface area contributed by atoms with Crippen molar-refractivity contribution < 1.29 is 19.2 Å². The molecule has 178 valence electrons. The van der Waals surface area contributed by atoms with Gasteiger partial charge >= 0.3 is 0 Å². The van der Waals surface area contributed by atoms with Crippen LogP contribution < -0.4 is 4.57 Å². The van der Waals surface area contributed by atoms with Crippen molar-refractivity contribution in [3.63, 3.8) is 0 Å². The molecule has 8 atom stereocenters. The molecule has 5 rings (SSSR count). The molecule has 0 bridgehead atoms. The number of carbonyl (C=O) groups is 1. The van der Waals surface area contributed by atoms with Crippen molar-refractivity contribution in [1.82, 2.24) is 4.98 Å². The molecule has 0 amide bonds. The highest BCUT2D eigenvalue weighted by Crippen LogP contribution is 2.66. The lowest BCUT2D eigenvalue weighted by molar-refractivity contribution is -0.683. The number of carbonyl (C=O) groups excluding carboxylic acids is 1. The zero-order valence-electron chi connectivity index (χ0n) is 20.3. The van der Waals surface area contributed by atoms with Gasteiger partial charge in [-0.3, -0.25) is 9.78 Å². The minimum atomic E-state index is -0.620. The Morgan fingerprint density at radius 3 is 2.69 bits per heavy atom. The summed E-state index contributed by atoms with van der Waals surface area (Å²) in [4.78, 5) is 16.1. The molecule has 5 heteroatoms. The maximum Gasteiger partial charge on any atom is 0.241 e. The molecule has 0 saturated heterocycles. The van der Waals surface area contributed by atoms with Crippen molar-refractivity contribution in [2.75, 3.05) is 13.7 Å². The normalized spacial score (nSPS) is 46.1. The van der Waals surface area contributed by atoms with Gasteiger partial charge < -0.3 is 9.84 Å². The number of hydrogen-bond acceptors (Lipinski definition) is 3. The van der Waals surface area contributed by atoms with Crippen LogP contribution in [0.3, 0.4) is 0 Å². The summed E-state index contributed by atoms with van der Waals surface area (Å²) in [6, 6.07) is 0. The third-order valence-corrected chi connectivity index (χ3v) is 10.7. The van der Waals surface area contributed by atoms with Gasteiger partial charge in [0.05, 0.1) is 12.2 Å². The second-order valence-corrected chi connectivity index (χ2v) is 12.4. The Balaban J connectivity index is 1.28. The molecule has 0 aromatic carbocycles. The van der Waals surface area contributed by atoms with Gasteiger partial charge in [0.15, 0.2) is 5.78 Å². The molecule has 4 aliphatic carbocycles. The molecule has 4 saturated carbocycles. The third-order valence-electron chi connectivity index (χ3n) is 10.7. The van der Waals surface area contributed by atoms with Gasteiger partial charge in [-0.15, -0.1) is 0 Å². The van der Waals surface area contributed by atoms with Crippen molar-refractivity contribution in [1.29, 1.82) is 0 Å². The molecular formula is C27H43N2O3+. The maximum absolute atomic E-state index is 13.0. The van der Waals surface area contributed by atoms with Crippen molar-refractivity contribution in [2.24, 2.45) is 40.4 Å². The number of methoxy groups -OCH3 is 1. The number of fused-ring (bicyclic) bond motifs is 5. The number of ketones is 1. The van der Waals surface area contributed by atoms with E-state index in [2.05, 4.69) is 18.8 Å². The van der Waals surface area contributed by atoms with E-state index in [0.717, 1.165) is 49.9 Å². The van der Waals surface area contributed by atoms with Crippen molar-refractivity contribution in [3.05, 3.63) is 18.7 Å². The predicted octanol–water partition coefficient (Wildman–Crippen LogP) is 4.30. The van der Waals surface area contributed by atoms with Gasteiger partial charge in [0, 0.05) is 13.0 Å². The molecule has 0 aliphatic heterocycles. The molecule has 2 N–H and O–H groups in total. The summed E-state index contributed by atoms with van der Waals surface area (Å²) in [5.41, 5.74) is 0.0594. The highest BCUT2D eigenvalue weighted by Gasteiger charge is 2.59. The van der Waals surface area contributed by atoms with Crippen LogP contribution in [0, 0.1) is 40.4 Å². The highest BCUT2D eigenvalue weighted by atomic mass is 16.5. The largest absolute Gasteiger partial charge is 0.387 e. The Bertz CT molecular complexity index is 825. The van der Waals surface area contributed by atoms with Gasteiger partial charge in [0.2, 0.25) is 6.33 Å². The monoisotopic (exact) mass is 443 g/mol. The van der Waals surface area contributed by atoms with Crippen molar-refractivity contribution >= 4 is 5.78 Å². The Kier molecular flexibility index (Phi) is 5.81. The average molecular weight is 444 g/mol. The molecular weight excluding hydrogens is 400 g/mol. The van der Waals surface area contributed by atoms with Crippen LogP contribution in [-0.2, 0) is 16.1 Å². The van der Waals surface area contributed by atoms with E-state index in [1.807, 2.05) is 23.3 Å². The maximum atomic E-state index is 13.0. The van der Waals surface area contributed by atoms with Gasteiger partial charge in [0.25, 0.3) is 0 Å². The third kappa shape index (κ3) is 3.77. The van der Waals surface area contributed by atoms with Crippen LogP contribution >= 0.6 is 0 Å². The van der Waals surface area contributed by atoms with E-state index in [0.29, 0.717) is 35.7 Å². The van der Waals surface area contributed by atoms with Crippen LogP contribution in [-0.4, -0.2) is 35.2 Å². The zero-order chi connectivity index (χ0) is 22.6. The minimum Gasteiger partial charge on any atom is -0.387 e. The van der Waals surface area contributed by atoms with Crippen molar-refractivity contribution in [3.8, 4) is 0 Å². The summed E-state index contributed by atoms with van der Waals surface area (Å²) in [6.07, 6.45) is 17.2. The topological polar surface area (TPSA) is 66.2 Å². The van der Waals surface area contributed by atoms with Crippen molar-refractivity contribution in [2.45, 2.75) is 90.2 Å². The number of nitrogens with one attached hydrogen (secondary N) is 1. The minimum absolute atomic E-state index is 0.223. The number of H-pyrrole nitrogens is 1. The first kappa shape index (κ1) is 22.6. The summed E-state index contributed by atoms with van der Waals surface area (Å²) in [6.45, 7) is 6.03. The summed E-state index contributed by atoms with van der Waals surface area (Å²) >= 11 is 0. The van der Waals surface area contributed by atoms with Crippen LogP contribution in [0.2, 0.25) is 0 Å². The number of aliphatic hydroxyl groups is 1. The summed E-state index contributed by atoms with van der Waals surface area (Å²) < 4.78 is 7.34. The smallest absolute Gasteiger partial charge is 0.241 e. The average Bonchev–Trinajstić information content (AvgIpc) is 3.26. The number of hydrogen-bond donors (Lipinski definition) is 2. The van der Waals surface area contributed by atoms with Crippen LogP contribution in [0.15, 0.2) is 18.7 Å². The summed E-state index contributed by atoms with van der Waals surface area (Å²) in [5.74, 6) is 3.62. The molecule has 4 fully saturated rings. The molecule has 0 radical (unpaired) electrons. The first-order chi connectivity index (χ1) is 15.3. The second kappa shape index (κ2) is 8.23. The number of nitrogens with zero attached hydrogens (tertiary/aromatic N) is 1. The van der Waals surface area contributed by atoms with E-state index in [9.17, 15) is 9.90 Å². The Labute approximate surface area is 193 Å². The van der Waals surface area contributed by atoms with Gasteiger partial charge in [-0.05, 0) is 98.7 Å². The van der Waals surface area contributed by atoms with Crippen LogP contribution in [0.4, 0.5) is 0 Å². The van der Waals surface area contributed by atoms with E-state index < -0.39 is 5.60 Å². The van der Waals surface area contributed by atoms with E-state index in [4.69, 9.17) is 4.74 Å². The fourth-order valence-electron chi connectivity index (χ4n) is 8.98. The Morgan fingerprint density at radius 1 is 1.09 bits per heavy atom. The fraction of sp³-hybridized carbons (Fsp3) is 0.852. The molecule has 1 heterocycles. The summed E-state index contributed by atoms with van der Waals surface area (Å²) in [7, 11) is 1.71. The molecule has 5 nitrogen and oxygen atoms in total. The van der Waals surface area contributed by atoms with Gasteiger partial charge in [-0.25, -0.2) is 4.57 Å². The standard InChI is InChI=1S/C27H42N2O3/c1-25-9-8-23-21(6-5-20-15-27(31,17-32-3)11-10-26(20,23)2)22(25)7-4-19(14-25)24(30)16-29-13-12-28-18-29/h12-13,18-23,31H,4-11,14-17H2,1-3H3/p+1/t19-,20-,21?,22?,23?,25+,26-,27+/m0/s1. The first-order valence-electron chi connectivity index (χ1n) is 13.0. The van der Waals surface area contributed by atoms with E-state index >= 15 is 0 Å². The quantitative estimate of drug-likeness (QED) is 0.667. The molecule has 32 heavy (non-hydrogen) atoms. The zero-order valence-corrected chi connectivity index (χ0v) is 20.3. The number of imidazole rings is 1.